The number of hydrogen-bond donors (Lipinski definition) is 1. The van der Waals surface area contributed by atoms with Gasteiger partial charge in [0.15, 0.2) is 0 Å². The Labute approximate surface area is 154 Å². The second kappa shape index (κ2) is 7.32. The van der Waals surface area contributed by atoms with Gasteiger partial charge in [-0.1, -0.05) is 6.07 Å². The highest BCUT2D eigenvalue weighted by molar-refractivity contribution is 5.89. The monoisotopic (exact) mass is 408 g/mol. The predicted octanol–water partition coefficient (Wildman–Crippen LogP) is 4.52. The molecule has 152 valence electrons. The van der Waals surface area contributed by atoms with Crippen LogP contribution in [0.3, 0.4) is 0 Å². The van der Waals surface area contributed by atoms with Gasteiger partial charge in [-0.3, -0.25) is 0 Å². The molecule has 1 fully saturated rings. The molecule has 0 bridgehead atoms. The first-order valence-electron chi connectivity index (χ1n) is 8.18. The Kier molecular flexibility index (Phi) is 5.22. The van der Waals surface area contributed by atoms with E-state index < -0.39 is 35.8 Å². The van der Waals surface area contributed by atoms with Gasteiger partial charge in [0.25, 0.3) is 0 Å². The van der Waals surface area contributed by atoms with Gasteiger partial charge in [-0.15, -0.1) is 10.2 Å². The van der Waals surface area contributed by atoms with Gasteiger partial charge in [0.1, 0.15) is 0 Å². The molecule has 1 aromatic heterocycles. The Morgan fingerprint density at radius 3 is 2.32 bits per heavy atom. The summed E-state index contributed by atoms with van der Waals surface area (Å²) in [4.78, 5) is 13.6. The van der Waals surface area contributed by atoms with Crippen LogP contribution in [0.2, 0.25) is 0 Å². The number of urea groups is 1. The normalized spacial score (nSPS) is 16.3. The van der Waals surface area contributed by atoms with Crippen LogP contribution in [-0.4, -0.2) is 34.2 Å². The van der Waals surface area contributed by atoms with Crippen molar-refractivity contribution in [1.82, 2.24) is 15.1 Å². The Balaban J connectivity index is 1.58. The molecular formula is C16H14F6N4O2. The molecule has 3 rings (SSSR count). The number of nitrogens with zero attached hydrogens (tertiary/aromatic N) is 3. The fourth-order valence-corrected chi connectivity index (χ4v) is 2.82. The Morgan fingerprint density at radius 2 is 1.75 bits per heavy atom. The number of amides is 2. The number of anilines is 1. The molecular weight excluding hydrogens is 394 g/mol. The molecule has 0 aliphatic carbocycles. The van der Waals surface area contributed by atoms with Gasteiger partial charge in [0.2, 0.25) is 5.89 Å². The molecule has 1 N–H and O–H groups in total. The molecule has 1 aliphatic heterocycles. The van der Waals surface area contributed by atoms with Crippen molar-refractivity contribution in [2.75, 3.05) is 18.4 Å². The van der Waals surface area contributed by atoms with E-state index >= 15 is 0 Å². The minimum atomic E-state index is -4.73. The average molecular weight is 408 g/mol. The van der Waals surface area contributed by atoms with Gasteiger partial charge in [-0.05, 0) is 31.0 Å². The smallest absolute Gasteiger partial charge is 0.417 e. The number of benzene rings is 1. The van der Waals surface area contributed by atoms with Crippen LogP contribution in [0.5, 0.6) is 0 Å². The first kappa shape index (κ1) is 20.0. The number of hydrogen-bond acceptors (Lipinski definition) is 4. The summed E-state index contributed by atoms with van der Waals surface area (Å²) >= 11 is 0. The Morgan fingerprint density at radius 1 is 1.07 bits per heavy atom. The molecule has 1 saturated heterocycles. The molecule has 0 saturated carbocycles. The molecule has 0 spiro atoms. The zero-order valence-electron chi connectivity index (χ0n) is 14.1. The van der Waals surface area contributed by atoms with E-state index in [4.69, 9.17) is 0 Å². The van der Waals surface area contributed by atoms with Crippen molar-refractivity contribution in [2.45, 2.75) is 31.1 Å². The number of likely N-dealkylation sites (tertiary alicyclic amines) is 1. The van der Waals surface area contributed by atoms with Crippen molar-refractivity contribution in [3.8, 4) is 0 Å². The summed E-state index contributed by atoms with van der Waals surface area (Å²) in [7, 11) is 0. The zero-order chi connectivity index (χ0) is 20.5. The van der Waals surface area contributed by atoms with Gasteiger partial charge < -0.3 is 14.6 Å². The molecule has 1 aromatic carbocycles. The van der Waals surface area contributed by atoms with Crippen LogP contribution >= 0.6 is 0 Å². The number of carbonyl (C=O) groups excluding carboxylic acids is 1. The molecule has 6 nitrogen and oxygen atoms in total. The summed E-state index contributed by atoms with van der Waals surface area (Å²) in [6, 6.07) is 3.62. The topological polar surface area (TPSA) is 71.3 Å². The minimum Gasteiger partial charge on any atom is -0.417 e. The van der Waals surface area contributed by atoms with Crippen LogP contribution in [0.1, 0.15) is 36.1 Å². The third kappa shape index (κ3) is 4.54. The molecule has 0 atom stereocenters. The van der Waals surface area contributed by atoms with Crippen molar-refractivity contribution in [2.24, 2.45) is 0 Å². The molecule has 2 heterocycles. The van der Waals surface area contributed by atoms with E-state index in [1.54, 1.807) is 0 Å². The summed E-state index contributed by atoms with van der Waals surface area (Å²) in [5.41, 5.74) is -0.894. The summed E-state index contributed by atoms with van der Waals surface area (Å²) in [6.45, 7) is 0.360. The molecule has 12 heteroatoms. The van der Waals surface area contributed by atoms with Crippen molar-refractivity contribution in [1.29, 1.82) is 0 Å². The van der Waals surface area contributed by atoms with E-state index in [-0.39, 0.29) is 37.5 Å². The van der Waals surface area contributed by atoms with Crippen molar-refractivity contribution >= 4 is 11.7 Å². The van der Waals surface area contributed by atoms with E-state index in [2.05, 4.69) is 19.9 Å². The largest absolute Gasteiger partial charge is 0.470 e. The molecule has 2 amide bonds. The number of rotatable bonds is 2. The number of halogens is 6. The SMILES string of the molecule is O=C(Nc1cccc(C(F)(F)F)c1)N1CCC(c2nnc(C(F)(F)F)o2)CC1. The number of carbonyl (C=O) groups is 1. The van der Waals surface area contributed by atoms with E-state index in [0.717, 1.165) is 12.1 Å². The van der Waals surface area contributed by atoms with Gasteiger partial charge in [-0.25, -0.2) is 4.79 Å². The summed E-state index contributed by atoms with van der Waals surface area (Å²) in [5, 5.41) is 8.78. The summed E-state index contributed by atoms with van der Waals surface area (Å²) in [5.74, 6) is -2.00. The number of aromatic nitrogens is 2. The Bertz CT molecular complexity index is 840. The predicted molar refractivity (Wildman–Crippen MR) is 83.3 cm³/mol. The van der Waals surface area contributed by atoms with Crippen molar-refractivity contribution < 1.29 is 35.6 Å². The fraction of sp³-hybridized carbons (Fsp3) is 0.438. The minimum absolute atomic E-state index is 0.00586. The van der Waals surface area contributed by atoms with E-state index in [0.29, 0.717) is 0 Å². The van der Waals surface area contributed by atoms with Crippen LogP contribution in [0.4, 0.5) is 36.8 Å². The lowest BCUT2D eigenvalue weighted by Crippen LogP contribution is -2.40. The highest BCUT2D eigenvalue weighted by atomic mass is 19.4. The Hall–Kier alpha value is -2.79. The fourth-order valence-electron chi connectivity index (χ4n) is 2.82. The standard InChI is InChI=1S/C16H14F6N4O2/c17-15(18,19)10-2-1-3-11(8-10)23-14(27)26-6-4-9(5-7-26)12-24-25-13(28-12)16(20,21)22/h1-3,8-9H,4-7H2,(H,23,27). The van der Waals surface area contributed by atoms with E-state index in [1.165, 1.54) is 17.0 Å². The second-order valence-electron chi connectivity index (χ2n) is 6.21. The van der Waals surface area contributed by atoms with Gasteiger partial charge in [-0.2, -0.15) is 26.3 Å². The second-order valence-corrected chi connectivity index (χ2v) is 6.21. The molecule has 0 unspecified atom stereocenters. The number of piperidine rings is 1. The third-order valence-corrected chi connectivity index (χ3v) is 4.26. The number of alkyl halides is 6. The molecule has 1 aliphatic rings. The van der Waals surface area contributed by atoms with Crippen LogP contribution in [-0.2, 0) is 12.4 Å². The van der Waals surface area contributed by atoms with Crippen molar-refractivity contribution in [3.05, 3.63) is 41.6 Å². The maximum atomic E-state index is 12.7. The zero-order valence-corrected chi connectivity index (χ0v) is 14.1. The lowest BCUT2D eigenvalue weighted by Gasteiger charge is -2.30. The third-order valence-electron chi connectivity index (χ3n) is 4.26. The first-order chi connectivity index (χ1) is 13.0. The summed E-state index contributed by atoms with van der Waals surface area (Å²) in [6.07, 6.45) is -8.68. The van der Waals surface area contributed by atoms with Crippen molar-refractivity contribution in [3.63, 3.8) is 0 Å². The number of nitrogens with one attached hydrogen (secondary N) is 1. The van der Waals surface area contributed by atoms with Gasteiger partial charge in [0, 0.05) is 24.7 Å². The highest BCUT2D eigenvalue weighted by Crippen LogP contribution is 2.33. The molecule has 2 aromatic rings. The lowest BCUT2D eigenvalue weighted by atomic mass is 9.97. The van der Waals surface area contributed by atoms with Crippen LogP contribution in [0.25, 0.3) is 0 Å². The first-order valence-corrected chi connectivity index (χ1v) is 8.18. The van der Waals surface area contributed by atoms with Gasteiger partial charge >= 0.3 is 24.3 Å². The summed E-state index contributed by atoms with van der Waals surface area (Å²) < 4.78 is 80.4. The molecule has 28 heavy (non-hydrogen) atoms. The highest BCUT2D eigenvalue weighted by Gasteiger charge is 2.39. The average Bonchev–Trinajstić information content (AvgIpc) is 3.12. The van der Waals surface area contributed by atoms with Crippen LogP contribution in [0.15, 0.2) is 28.7 Å². The van der Waals surface area contributed by atoms with E-state index in [1.807, 2.05) is 0 Å². The maximum Gasteiger partial charge on any atom is 0.470 e. The maximum absolute atomic E-state index is 12.7. The van der Waals surface area contributed by atoms with E-state index in [9.17, 15) is 31.1 Å². The van der Waals surface area contributed by atoms with Crippen LogP contribution < -0.4 is 5.32 Å². The molecule has 0 radical (unpaired) electrons. The lowest BCUT2D eigenvalue weighted by molar-refractivity contribution is -0.157. The van der Waals surface area contributed by atoms with Gasteiger partial charge in [0.05, 0.1) is 5.56 Å². The quantitative estimate of drug-likeness (QED) is 0.742. The van der Waals surface area contributed by atoms with Crippen LogP contribution in [0, 0.1) is 0 Å².